The fourth-order valence-electron chi connectivity index (χ4n) is 15.0. The maximum atomic E-state index is 9.27. The van der Waals surface area contributed by atoms with Gasteiger partial charge in [-0.1, -0.05) is 158 Å². The van der Waals surface area contributed by atoms with Crippen molar-refractivity contribution in [2.75, 3.05) is 9.80 Å². The predicted octanol–water partition coefficient (Wildman–Crippen LogP) is 15.3. The third kappa shape index (κ3) is 6.27. The molecule has 344 valence electrons. The van der Waals surface area contributed by atoms with Crippen LogP contribution in [0.5, 0.6) is 0 Å². The Hall–Kier alpha value is -5.02. The molecule has 3 aliphatic carbocycles. The summed E-state index contributed by atoms with van der Waals surface area (Å²) in [4.78, 5) is 5.02. The van der Waals surface area contributed by atoms with E-state index < -0.39 is 6.85 Å². The maximum Gasteiger partial charge on any atom is 0.252 e. The molecule has 11 rings (SSSR count). The molecule has 3 heteroatoms. The minimum absolute atomic E-state index is 0.0278. The highest BCUT2D eigenvalue weighted by Gasteiger charge is 2.50. The van der Waals surface area contributed by atoms with Gasteiger partial charge in [-0.25, -0.2) is 0 Å². The van der Waals surface area contributed by atoms with Gasteiger partial charge in [0.1, 0.15) is 0 Å². The van der Waals surface area contributed by atoms with Crippen molar-refractivity contribution < 1.29 is 4.11 Å². The summed E-state index contributed by atoms with van der Waals surface area (Å²) in [6, 6.07) is 37.1. The minimum Gasteiger partial charge on any atom is -0.311 e. The number of rotatable bonds is 4. The molecule has 67 heavy (non-hydrogen) atoms. The van der Waals surface area contributed by atoms with Gasteiger partial charge in [0, 0.05) is 43.7 Å². The minimum atomic E-state index is -2.37. The summed E-state index contributed by atoms with van der Waals surface area (Å²) in [6.45, 7) is 35.7. The Kier molecular flexibility index (Phi) is 8.46. The van der Waals surface area contributed by atoms with E-state index in [4.69, 9.17) is 0 Å². The fourth-order valence-corrected chi connectivity index (χ4v) is 15.0. The zero-order valence-electron chi connectivity index (χ0n) is 46.5. The number of hydrogen-bond donors (Lipinski definition) is 0. The van der Waals surface area contributed by atoms with Crippen LogP contribution in [0.15, 0.2) is 97.1 Å². The smallest absolute Gasteiger partial charge is 0.252 e. The van der Waals surface area contributed by atoms with Gasteiger partial charge in [0.25, 0.3) is 6.71 Å². The van der Waals surface area contributed by atoms with Crippen LogP contribution in [0, 0.1) is 20.7 Å². The number of fused-ring (bicyclic) bond motifs is 7. The summed E-state index contributed by atoms with van der Waals surface area (Å²) in [6.07, 6.45) is 4.36. The van der Waals surface area contributed by atoms with E-state index in [1.165, 1.54) is 72.0 Å². The summed E-state index contributed by atoms with van der Waals surface area (Å²) in [5, 5.41) is 0. The van der Waals surface area contributed by atoms with E-state index in [0.29, 0.717) is 5.56 Å². The Morgan fingerprint density at radius 3 is 1.63 bits per heavy atom. The number of nitrogens with zero attached hydrogens (tertiary/aromatic N) is 2. The van der Waals surface area contributed by atoms with E-state index in [9.17, 15) is 4.11 Å². The van der Waals surface area contributed by atoms with Crippen LogP contribution in [-0.4, -0.2) is 6.71 Å². The van der Waals surface area contributed by atoms with Gasteiger partial charge in [-0.05, 0) is 193 Å². The van der Waals surface area contributed by atoms with E-state index in [1.54, 1.807) is 0 Å². The van der Waals surface area contributed by atoms with Gasteiger partial charge in [-0.3, -0.25) is 0 Å². The first-order valence-electron chi connectivity index (χ1n) is 26.9. The monoisotopic (exact) mass is 886 g/mol. The molecule has 0 saturated heterocycles. The van der Waals surface area contributed by atoms with Crippen molar-refractivity contribution in [3.63, 3.8) is 0 Å². The Bertz CT molecular complexity index is 3220. The lowest BCUT2D eigenvalue weighted by Crippen LogP contribution is -2.61. The summed E-state index contributed by atoms with van der Waals surface area (Å²) < 4.78 is 27.8. The molecule has 0 amide bonds. The number of benzene rings is 6. The van der Waals surface area contributed by atoms with Crippen LogP contribution in [0.4, 0.5) is 34.1 Å². The predicted molar refractivity (Wildman–Crippen MR) is 290 cm³/mol. The van der Waals surface area contributed by atoms with Crippen LogP contribution >= 0.6 is 0 Å². The molecular formula is C64H75BN2. The number of hydrogen-bond acceptors (Lipinski definition) is 2. The van der Waals surface area contributed by atoms with Gasteiger partial charge in [-0.15, -0.1) is 0 Å². The van der Waals surface area contributed by atoms with E-state index in [1.807, 2.05) is 6.07 Å². The van der Waals surface area contributed by atoms with Crippen LogP contribution < -0.4 is 26.2 Å². The quantitative estimate of drug-likeness (QED) is 0.163. The van der Waals surface area contributed by atoms with E-state index in [-0.39, 0.29) is 44.6 Å². The highest BCUT2D eigenvalue weighted by molar-refractivity contribution is 7.00. The zero-order valence-corrected chi connectivity index (χ0v) is 43.5. The molecule has 0 atom stereocenters. The molecule has 0 saturated carbocycles. The number of anilines is 6. The number of aryl methyl sites for hydroxylation is 2. The second-order valence-corrected chi connectivity index (χ2v) is 26.2. The molecule has 6 aromatic rings. The van der Waals surface area contributed by atoms with Crippen LogP contribution in [0.25, 0.3) is 0 Å². The second-order valence-electron chi connectivity index (χ2n) is 26.2. The summed E-state index contributed by atoms with van der Waals surface area (Å²) >= 11 is 0. The van der Waals surface area contributed by atoms with Crippen LogP contribution in [0.1, 0.15) is 188 Å². The largest absolute Gasteiger partial charge is 0.311 e. The Labute approximate surface area is 408 Å². The normalized spacial score (nSPS) is 21.3. The van der Waals surface area contributed by atoms with Crippen LogP contribution in [0.3, 0.4) is 0 Å². The highest BCUT2D eigenvalue weighted by Crippen LogP contribution is 2.57. The molecule has 6 aromatic carbocycles. The Morgan fingerprint density at radius 2 is 1.01 bits per heavy atom. The molecule has 0 bridgehead atoms. The zero-order chi connectivity index (χ0) is 50.4. The SMILES string of the molecule is [2H]C([2H])([2H])c1cc2c3c(c1)N(c1ccc4c(c1C)C(C)(C)CCC4(C)C)c1cc(C(C)(C)c4ccccc4)ccc1B3c1cc3c(cc1N2c1cc2c(cc1C)C(C)(C)CC2(C)C)C(C)(C)CC3(C)C. The van der Waals surface area contributed by atoms with Gasteiger partial charge in [-0.2, -0.15) is 0 Å². The van der Waals surface area contributed by atoms with Crippen molar-refractivity contribution in [1.82, 2.24) is 0 Å². The van der Waals surface area contributed by atoms with Crippen LogP contribution in [-0.2, 0) is 37.9 Å². The first kappa shape index (κ1) is 41.0. The van der Waals surface area contributed by atoms with Gasteiger partial charge >= 0.3 is 0 Å². The van der Waals surface area contributed by atoms with Crippen molar-refractivity contribution >= 4 is 57.2 Å². The van der Waals surface area contributed by atoms with Gasteiger partial charge in [0.2, 0.25) is 0 Å². The van der Waals surface area contributed by atoms with E-state index >= 15 is 0 Å². The molecule has 0 spiro atoms. The molecule has 0 fully saturated rings. The standard InChI is InChI=1S/C64H75BN2/c1-38-29-54-57-55(30-38)67(51-34-46-44(31-39(51)2)60(8,9)36-62(46,12)13)53-35-47-45(61(10,11)37-63(47,14)15)33-49(53)65(57)48-25-23-42(64(16,17)41-21-19-18-20-22-41)32-52(48)66(54)50-26-24-43-56(40(50)3)59(6,7)28-27-58(43,4)5/h18-26,29-35H,27-28,36-37H2,1-17H3/i1D3. The maximum absolute atomic E-state index is 9.27. The third-order valence-corrected chi connectivity index (χ3v) is 18.1. The van der Waals surface area contributed by atoms with E-state index in [0.717, 1.165) is 59.8 Å². The molecule has 0 aromatic heterocycles. The lowest BCUT2D eigenvalue weighted by Gasteiger charge is -2.47. The van der Waals surface area contributed by atoms with Gasteiger partial charge < -0.3 is 9.80 Å². The van der Waals surface area contributed by atoms with Gasteiger partial charge in [0.15, 0.2) is 0 Å². The summed E-state index contributed by atoms with van der Waals surface area (Å²) in [5.74, 6) is 0. The fraction of sp³-hybridized carbons (Fsp3) is 0.438. The third-order valence-electron chi connectivity index (χ3n) is 18.1. The average Bonchev–Trinajstić information content (AvgIpc) is 3.57. The lowest BCUT2D eigenvalue weighted by molar-refractivity contribution is 0.330. The molecule has 0 unspecified atom stereocenters. The molecular weight excluding hydrogens is 808 g/mol. The van der Waals surface area contributed by atoms with Crippen molar-refractivity contribution in [1.29, 1.82) is 0 Å². The lowest BCUT2D eigenvalue weighted by atomic mass is 9.33. The summed E-state index contributed by atoms with van der Waals surface area (Å²) in [5.41, 5.74) is 23.6. The molecule has 0 radical (unpaired) electrons. The molecule has 0 N–H and O–H groups in total. The van der Waals surface area contributed by atoms with Crippen LogP contribution in [0.2, 0.25) is 0 Å². The van der Waals surface area contributed by atoms with Crippen molar-refractivity contribution in [3.8, 4) is 0 Å². The molecule has 2 nitrogen and oxygen atoms in total. The average molecular weight is 886 g/mol. The Balaban J connectivity index is 1.29. The topological polar surface area (TPSA) is 6.48 Å². The Morgan fingerprint density at radius 1 is 0.478 bits per heavy atom. The molecule has 2 aliphatic heterocycles. The van der Waals surface area contributed by atoms with Gasteiger partial charge in [0.05, 0.1) is 0 Å². The highest BCUT2D eigenvalue weighted by atomic mass is 15.2. The van der Waals surface area contributed by atoms with Crippen molar-refractivity contribution in [2.24, 2.45) is 0 Å². The summed E-state index contributed by atoms with van der Waals surface area (Å²) in [7, 11) is 0. The first-order chi connectivity index (χ1) is 32.4. The van der Waals surface area contributed by atoms with Crippen molar-refractivity contribution in [2.45, 2.75) is 181 Å². The first-order valence-corrected chi connectivity index (χ1v) is 25.4. The van der Waals surface area contributed by atoms with E-state index in [2.05, 4.69) is 212 Å². The molecule has 2 heterocycles. The molecule has 5 aliphatic rings. The second kappa shape index (κ2) is 13.8. The van der Waals surface area contributed by atoms with Crippen molar-refractivity contribution in [3.05, 3.63) is 158 Å².